The molecule has 2 unspecified atom stereocenters. The van der Waals surface area contributed by atoms with Gasteiger partial charge in [-0.3, -0.25) is 4.79 Å². The minimum atomic E-state index is -0.144. The molecule has 17 heavy (non-hydrogen) atoms. The summed E-state index contributed by atoms with van der Waals surface area (Å²) in [5, 5.41) is 3.19. The van der Waals surface area contributed by atoms with Crippen molar-refractivity contribution in [1.29, 1.82) is 0 Å². The van der Waals surface area contributed by atoms with E-state index in [-0.39, 0.29) is 17.9 Å². The zero-order valence-electron chi connectivity index (χ0n) is 10.8. The summed E-state index contributed by atoms with van der Waals surface area (Å²) in [6, 6.07) is 10.3. The third-order valence-electron chi connectivity index (χ3n) is 2.99. The molecular weight excluding hydrogens is 214 g/mol. The van der Waals surface area contributed by atoms with Crippen LogP contribution in [0.4, 0.5) is 0 Å². The summed E-state index contributed by atoms with van der Waals surface area (Å²) >= 11 is 0. The Labute approximate surface area is 103 Å². The molecule has 0 aliphatic heterocycles. The number of likely N-dealkylation sites (N-methyl/N-ethyl adjacent to an activating group) is 1. The molecule has 0 fully saturated rings. The molecule has 0 aliphatic rings. The maximum atomic E-state index is 11.5. The highest BCUT2D eigenvalue weighted by molar-refractivity contribution is 5.70. The number of rotatable bonds is 6. The first kappa shape index (κ1) is 13.7. The quantitative estimate of drug-likeness (QED) is 0.769. The van der Waals surface area contributed by atoms with E-state index >= 15 is 0 Å². The lowest BCUT2D eigenvalue weighted by Crippen LogP contribution is -2.33. The average Bonchev–Trinajstić information content (AvgIpc) is 2.36. The van der Waals surface area contributed by atoms with Gasteiger partial charge in [-0.05, 0) is 25.5 Å². The van der Waals surface area contributed by atoms with Crippen molar-refractivity contribution >= 4 is 5.97 Å². The van der Waals surface area contributed by atoms with Crippen LogP contribution >= 0.6 is 0 Å². The zero-order chi connectivity index (χ0) is 12.7. The van der Waals surface area contributed by atoms with E-state index in [1.807, 2.05) is 32.2 Å². The van der Waals surface area contributed by atoms with Gasteiger partial charge in [-0.1, -0.05) is 37.3 Å². The monoisotopic (exact) mass is 235 g/mol. The predicted octanol–water partition coefficient (Wildman–Crippen LogP) is 2.33. The summed E-state index contributed by atoms with van der Waals surface area (Å²) in [5.74, 6) is 0.139. The second-order valence-electron chi connectivity index (χ2n) is 4.10. The molecule has 0 heterocycles. The average molecular weight is 235 g/mol. The van der Waals surface area contributed by atoms with Gasteiger partial charge in [0.05, 0.1) is 13.0 Å². The number of carbonyl (C=O) groups excluding carboxylic acids is 1. The van der Waals surface area contributed by atoms with Gasteiger partial charge >= 0.3 is 5.97 Å². The van der Waals surface area contributed by atoms with Gasteiger partial charge in [0.1, 0.15) is 0 Å². The minimum Gasteiger partial charge on any atom is -0.466 e. The minimum absolute atomic E-state index is 0.108. The van der Waals surface area contributed by atoms with E-state index in [1.54, 1.807) is 0 Å². The topological polar surface area (TPSA) is 38.3 Å². The molecule has 94 valence electrons. The Hall–Kier alpha value is -1.35. The third kappa shape index (κ3) is 4.19. The van der Waals surface area contributed by atoms with E-state index in [2.05, 4.69) is 24.4 Å². The highest BCUT2D eigenvalue weighted by Gasteiger charge is 2.20. The molecular formula is C14H21NO2. The molecule has 0 amide bonds. The van der Waals surface area contributed by atoms with Crippen molar-refractivity contribution in [3.63, 3.8) is 0 Å². The Kier molecular flexibility index (Phi) is 5.70. The standard InChI is InChI=1S/C14H21NO2/c1-4-17-14(16)10-13(15-3)11(2)12-8-6-5-7-9-12/h5-9,11,13,15H,4,10H2,1-3H3. The highest BCUT2D eigenvalue weighted by atomic mass is 16.5. The van der Waals surface area contributed by atoms with Gasteiger partial charge in [-0.25, -0.2) is 0 Å². The molecule has 1 rings (SSSR count). The number of hydrogen-bond donors (Lipinski definition) is 1. The maximum Gasteiger partial charge on any atom is 0.307 e. The summed E-state index contributed by atoms with van der Waals surface area (Å²) in [7, 11) is 1.88. The van der Waals surface area contributed by atoms with Crippen molar-refractivity contribution in [2.24, 2.45) is 0 Å². The van der Waals surface area contributed by atoms with E-state index in [9.17, 15) is 4.79 Å². The maximum absolute atomic E-state index is 11.5. The summed E-state index contributed by atoms with van der Waals surface area (Å²) in [6.45, 7) is 4.39. The highest BCUT2D eigenvalue weighted by Crippen LogP contribution is 2.20. The second-order valence-corrected chi connectivity index (χ2v) is 4.10. The Balaban J connectivity index is 2.64. The smallest absolute Gasteiger partial charge is 0.307 e. The van der Waals surface area contributed by atoms with Gasteiger partial charge in [0, 0.05) is 6.04 Å². The second kappa shape index (κ2) is 7.07. The molecule has 0 aromatic heterocycles. The number of benzene rings is 1. The number of hydrogen-bond acceptors (Lipinski definition) is 3. The Morgan fingerprint density at radius 1 is 1.35 bits per heavy atom. The Morgan fingerprint density at radius 2 is 2.00 bits per heavy atom. The van der Waals surface area contributed by atoms with Gasteiger partial charge in [0.15, 0.2) is 0 Å². The van der Waals surface area contributed by atoms with Crippen molar-refractivity contribution < 1.29 is 9.53 Å². The Morgan fingerprint density at radius 3 is 2.53 bits per heavy atom. The third-order valence-corrected chi connectivity index (χ3v) is 2.99. The first-order valence-electron chi connectivity index (χ1n) is 6.06. The molecule has 0 aliphatic carbocycles. The first-order valence-corrected chi connectivity index (χ1v) is 6.06. The SMILES string of the molecule is CCOC(=O)CC(NC)C(C)c1ccccc1. The molecule has 3 heteroatoms. The zero-order valence-corrected chi connectivity index (χ0v) is 10.8. The van der Waals surface area contributed by atoms with Crippen LogP contribution < -0.4 is 5.32 Å². The molecule has 1 aromatic carbocycles. The molecule has 2 atom stereocenters. The van der Waals surface area contributed by atoms with Crippen LogP contribution in [0.3, 0.4) is 0 Å². The summed E-state index contributed by atoms with van der Waals surface area (Å²) in [4.78, 5) is 11.5. The summed E-state index contributed by atoms with van der Waals surface area (Å²) in [6.07, 6.45) is 0.403. The van der Waals surface area contributed by atoms with Crippen LogP contribution in [0, 0.1) is 0 Å². The predicted molar refractivity (Wildman–Crippen MR) is 69.0 cm³/mol. The fourth-order valence-electron chi connectivity index (χ4n) is 1.92. The molecule has 0 radical (unpaired) electrons. The van der Waals surface area contributed by atoms with Crippen molar-refractivity contribution in [2.45, 2.75) is 32.2 Å². The molecule has 3 nitrogen and oxygen atoms in total. The van der Waals surface area contributed by atoms with Crippen molar-refractivity contribution in [3.05, 3.63) is 35.9 Å². The van der Waals surface area contributed by atoms with Crippen LogP contribution in [-0.4, -0.2) is 25.7 Å². The number of carbonyl (C=O) groups is 1. The normalized spacial score (nSPS) is 14.1. The number of ether oxygens (including phenoxy) is 1. The van der Waals surface area contributed by atoms with E-state index in [4.69, 9.17) is 4.74 Å². The van der Waals surface area contributed by atoms with E-state index < -0.39 is 0 Å². The van der Waals surface area contributed by atoms with Crippen molar-refractivity contribution in [1.82, 2.24) is 5.32 Å². The van der Waals surface area contributed by atoms with E-state index in [0.29, 0.717) is 13.0 Å². The van der Waals surface area contributed by atoms with Crippen LogP contribution in [0.2, 0.25) is 0 Å². The first-order chi connectivity index (χ1) is 8.19. The van der Waals surface area contributed by atoms with Crippen LogP contribution in [0.25, 0.3) is 0 Å². The fourth-order valence-corrected chi connectivity index (χ4v) is 1.92. The molecule has 1 aromatic rings. The van der Waals surface area contributed by atoms with Gasteiger partial charge in [0.2, 0.25) is 0 Å². The van der Waals surface area contributed by atoms with Crippen molar-refractivity contribution in [3.8, 4) is 0 Å². The van der Waals surface area contributed by atoms with E-state index in [0.717, 1.165) is 0 Å². The lowest BCUT2D eigenvalue weighted by Gasteiger charge is -2.23. The van der Waals surface area contributed by atoms with Crippen LogP contribution in [-0.2, 0) is 9.53 Å². The molecule has 0 saturated heterocycles. The molecule has 1 N–H and O–H groups in total. The van der Waals surface area contributed by atoms with Gasteiger partial charge < -0.3 is 10.1 Å². The van der Waals surface area contributed by atoms with Crippen molar-refractivity contribution in [2.75, 3.05) is 13.7 Å². The van der Waals surface area contributed by atoms with Gasteiger partial charge in [0.25, 0.3) is 0 Å². The molecule has 0 saturated carbocycles. The van der Waals surface area contributed by atoms with Gasteiger partial charge in [-0.15, -0.1) is 0 Å². The lowest BCUT2D eigenvalue weighted by molar-refractivity contribution is -0.143. The van der Waals surface area contributed by atoms with Crippen LogP contribution in [0.15, 0.2) is 30.3 Å². The van der Waals surface area contributed by atoms with Crippen LogP contribution in [0.5, 0.6) is 0 Å². The van der Waals surface area contributed by atoms with Gasteiger partial charge in [-0.2, -0.15) is 0 Å². The number of nitrogens with one attached hydrogen (secondary N) is 1. The summed E-state index contributed by atoms with van der Waals surface area (Å²) in [5.41, 5.74) is 1.23. The summed E-state index contributed by atoms with van der Waals surface area (Å²) < 4.78 is 4.98. The number of esters is 1. The van der Waals surface area contributed by atoms with Crippen LogP contribution in [0.1, 0.15) is 31.7 Å². The van der Waals surface area contributed by atoms with E-state index in [1.165, 1.54) is 5.56 Å². The fraction of sp³-hybridized carbons (Fsp3) is 0.500. The largest absolute Gasteiger partial charge is 0.466 e. The molecule has 0 bridgehead atoms. The lowest BCUT2D eigenvalue weighted by atomic mass is 9.91. The Bertz CT molecular complexity index is 337. The molecule has 0 spiro atoms.